The van der Waals surface area contributed by atoms with Gasteiger partial charge in [-0.25, -0.2) is 0 Å². The van der Waals surface area contributed by atoms with E-state index in [1.165, 1.54) is 23.1 Å². The van der Waals surface area contributed by atoms with Crippen LogP contribution in [0.5, 0.6) is 0 Å². The molecular formula is C18H20N2O3. The van der Waals surface area contributed by atoms with Gasteiger partial charge in [-0.2, -0.15) is 0 Å². The number of aryl methyl sites for hydroxylation is 1. The van der Waals surface area contributed by atoms with Crippen LogP contribution in [0.3, 0.4) is 0 Å². The molecule has 1 amide bonds. The average molecular weight is 312 g/mol. The summed E-state index contributed by atoms with van der Waals surface area (Å²) in [4.78, 5) is 23.5. The van der Waals surface area contributed by atoms with Gasteiger partial charge < -0.3 is 14.3 Å². The van der Waals surface area contributed by atoms with Gasteiger partial charge >= 0.3 is 0 Å². The Morgan fingerprint density at radius 2 is 2.17 bits per heavy atom. The zero-order chi connectivity index (χ0) is 16.4. The Labute approximate surface area is 134 Å². The number of rotatable bonds is 5. The molecule has 0 radical (unpaired) electrons. The number of hydrogen-bond acceptors (Lipinski definition) is 3. The molecule has 23 heavy (non-hydrogen) atoms. The minimum atomic E-state index is -0.260. The van der Waals surface area contributed by atoms with Crippen molar-refractivity contribution < 1.29 is 9.21 Å². The molecule has 0 spiro atoms. The summed E-state index contributed by atoms with van der Waals surface area (Å²) in [5.74, 6) is 2.63. The smallest absolute Gasteiger partial charge is 0.250 e. The van der Waals surface area contributed by atoms with Gasteiger partial charge in [-0.3, -0.25) is 9.59 Å². The predicted molar refractivity (Wildman–Crippen MR) is 89.3 cm³/mol. The Balaban J connectivity index is 1.62. The molecule has 0 aliphatic heterocycles. The standard InChI is InChI=1S/C18H20N2O3/c1-3-20-11-13(4-9-18(20)22)19-17(21)8-6-14-5-7-16(23-14)15-10-12(15)2/h4-9,11-12,15H,3,10H2,1-2H3,(H,19,21)/b8-6+. The number of amides is 1. The van der Waals surface area contributed by atoms with E-state index >= 15 is 0 Å². The molecule has 3 rings (SSSR count). The summed E-state index contributed by atoms with van der Waals surface area (Å²) in [6.07, 6.45) is 5.89. The molecule has 2 unspecified atom stereocenters. The van der Waals surface area contributed by atoms with Crippen LogP contribution >= 0.6 is 0 Å². The number of carbonyl (C=O) groups excluding carboxylic acids is 1. The number of carbonyl (C=O) groups is 1. The molecular weight excluding hydrogens is 292 g/mol. The Morgan fingerprint density at radius 3 is 2.87 bits per heavy atom. The van der Waals surface area contributed by atoms with Crippen molar-refractivity contribution in [2.75, 3.05) is 5.32 Å². The lowest BCUT2D eigenvalue weighted by atomic mass is 10.3. The second-order valence-corrected chi connectivity index (χ2v) is 5.92. The van der Waals surface area contributed by atoms with E-state index in [4.69, 9.17) is 4.42 Å². The topological polar surface area (TPSA) is 64.2 Å². The molecule has 120 valence electrons. The third-order valence-electron chi connectivity index (χ3n) is 4.11. The number of furan rings is 1. The fourth-order valence-electron chi connectivity index (χ4n) is 2.57. The number of anilines is 1. The number of pyridine rings is 1. The van der Waals surface area contributed by atoms with Gasteiger partial charge in [-0.05, 0) is 43.5 Å². The fourth-order valence-corrected chi connectivity index (χ4v) is 2.57. The first-order chi connectivity index (χ1) is 11.1. The van der Waals surface area contributed by atoms with Gasteiger partial charge in [0, 0.05) is 30.8 Å². The van der Waals surface area contributed by atoms with Crippen LogP contribution in [0.1, 0.15) is 37.7 Å². The van der Waals surface area contributed by atoms with Crippen molar-refractivity contribution >= 4 is 17.7 Å². The van der Waals surface area contributed by atoms with E-state index in [0.717, 1.165) is 5.76 Å². The van der Waals surface area contributed by atoms with Crippen molar-refractivity contribution in [2.45, 2.75) is 32.7 Å². The van der Waals surface area contributed by atoms with E-state index in [2.05, 4.69) is 12.2 Å². The molecule has 2 aromatic rings. The van der Waals surface area contributed by atoms with E-state index in [-0.39, 0.29) is 11.5 Å². The first kappa shape index (κ1) is 15.3. The molecule has 2 heterocycles. The van der Waals surface area contributed by atoms with Gasteiger partial charge in [0.1, 0.15) is 11.5 Å². The molecule has 5 heteroatoms. The van der Waals surface area contributed by atoms with Crippen molar-refractivity contribution in [2.24, 2.45) is 5.92 Å². The normalized spacial score (nSPS) is 19.9. The first-order valence-electron chi connectivity index (χ1n) is 7.86. The summed E-state index contributed by atoms with van der Waals surface area (Å²) in [5, 5.41) is 2.74. The van der Waals surface area contributed by atoms with E-state index in [9.17, 15) is 9.59 Å². The zero-order valence-electron chi connectivity index (χ0n) is 13.3. The van der Waals surface area contributed by atoms with Crippen LogP contribution in [0.25, 0.3) is 6.08 Å². The number of aromatic nitrogens is 1. The third-order valence-corrected chi connectivity index (χ3v) is 4.11. The van der Waals surface area contributed by atoms with Crippen LogP contribution in [0.2, 0.25) is 0 Å². The highest BCUT2D eigenvalue weighted by molar-refractivity contribution is 6.01. The monoisotopic (exact) mass is 312 g/mol. The zero-order valence-corrected chi connectivity index (χ0v) is 13.3. The maximum atomic E-state index is 11.9. The van der Waals surface area contributed by atoms with Crippen LogP contribution in [-0.4, -0.2) is 10.5 Å². The van der Waals surface area contributed by atoms with Gasteiger partial charge in [-0.1, -0.05) is 6.92 Å². The van der Waals surface area contributed by atoms with Crippen LogP contribution in [0.4, 0.5) is 5.69 Å². The van der Waals surface area contributed by atoms with E-state index < -0.39 is 0 Å². The summed E-state index contributed by atoms with van der Waals surface area (Å²) in [7, 11) is 0. The average Bonchev–Trinajstić information content (AvgIpc) is 3.09. The van der Waals surface area contributed by atoms with Crippen molar-refractivity contribution in [3.63, 3.8) is 0 Å². The maximum absolute atomic E-state index is 11.9. The van der Waals surface area contributed by atoms with Crippen molar-refractivity contribution in [1.82, 2.24) is 4.57 Å². The van der Waals surface area contributed by atoms with Crippen molar-refractivity contribution in [3.05, 3.63) is 58.4 Å². The molecule has 1 fully saturated rings. The van der Waals surface area contributed by atoms with Gasteiger partial charge in [0.05, 0.1) is 5.69 Å². The number of nitrogens with one attached hydrogen (secondary N) is 1. The lowest BCUT2D eigenvalue weighted by Gasteiger charge is -2.05. The molecule has 2 atom stereocenters. The summed E-state index contributed by atoms with van der Waals surface area (Å²) in [6, 6.07) is 6.89. The van der Waals surface area contributed by atoms with Crippen molar-refractivity contribution in [3.8, 4) is 0 Å². The highest BCUT2D eigenvalue weighted by Crippen LogP contribution is 2.47. The number of hydrogen-bond donors (Lipinski definition) is 1. The second-order valence-electron chi connectivity index (χ2n) is 5.92. The lowest BCUT2D eigenvalue weighted by molar-refractivity contribution is -0.111. The minimum Gasteiger partial charge on any atom is -0.461 e. The van der Waals surface area contributed by atoms with Gasteiger partial charge in [0.25, 0.3) is 5.56 Å². The summed E-state index contributed by atoms with van der Waals surface area (Å²) < 4.78 is 7.26. The summed E-state index contributed by atoms with van der Waals surface area (Å²) >= 11 is 0. The highest BCUT2D eigenvalue weighted by atomic mass is 16.3. The van der Waals surface area contributed by atoms with Gasteiger partial charge in [0.2, 0.25) is 5.91 Å². The van der Waals surface area contributed by atoms with Crippen LogP contribution in [-0.2, 0) is 11.3 Å². The SMILES string of the molecule is CCn1cc(NC(=O)/C=C/c2ccc(C3CC3C)o2)ccc1=O. The Bertz CT molecular complexity index is 801. The first-order valence-corrected chi connectivity index (χ1v) is 7.86. The van der Waals surface area contributed by atoms with Crippen LogP contribution < -0.4 is 10.9 Å². The van der Waals surface area contributed by atoms with E-state index in [1.807, 2.05) is 19.1 Å². The molecule has 0 aromatic carbocycles. The van der Waals surface area contributed by atoms with Gasteiger partial charge in [-0.15, -0.1) is 0 Å². The van der Waals surface area contributed by atoms with Gasteiger partial charge in [0.15, 0.2) is 0 Å². The summed E-state index contributed by atoms with van der Waals surface area (Å²) in [5.41, 5.74) is 0.506. The van der Waals surface area contributed by atoms with E-state index in [0.29, 0.717) is 29.8 Å². The predicted octanol–water partition coefficient (Wildman–Crippen LogP) is 3.24. The Hall–Kier alpha value is -2.56. The second kappa shape index (κ2) is 6.28. The van der Waals surface area contributed by atoms with E-state index in [1.54, 1.807) is 18.3 Å². The molecule has 1 aliphatic rings. The quantitative estimate of drug-likeness (QED) is 0.862. The lowest BCUT2D eigenvalue weighted by Crippen LogP contribution is -2.19. The Morgan fingerprint density at radius 1 is 1.39 bits per heavy atom. The number of nitrogens with zero attached hydrogens (tertiary/aromatic N) is 1. The van der Waals surface area contributed by atoms with Crippen molar-refractivity contribution in [1.29, 1.82) is 0 Å². The van der Waals surface area contributed by atoms with Crippen LogP contribution in [0, 0.1) is 5.92 Å². The maximum Gasteiger partial charge on any atom is 0.250 e. The minimum absolute atomic E-state index is 0.0848. The van der Waals surface area contributed by atoms with Crippen LogP contribution in [0.15, 0.2) is 45.8 Å². The molecule has 2 aromatic heterocycles. The molecule has 1 aliphatic carbocycles. The summed E-state index contributed by atoms with van der Waals surface area (Å²) in [6.45, 7) is 4.64. The Kier molecular flexibility index (Phi) is 4.19. The highest BCUT2D eigenvalue weighted by Gasteiger charge is 2.36. The molecule has 1 saturated carbocycles. The molecule has 5 nitrogen and oxygen atoms in total. The third kappa shape index (κ3) is 3.62. The molecule has 0 saturated heterocycles. The molecule has 1 N–H and O–H groups in total. The molecule has 0 bridgehead atoms. The largest absolute Gasteiger partial charge is 0.461 e. The fraction of sp³-hybridized carbons (Fsp3) is 0.333.